The number of hydrogen-bond acceptors (Lipinski definition) is 8. The van der Waals surface area contributed by atoms with Crippen LogP contribution in [0.15, 0.2) is 52.2 Å². The van der Waals surface area contributed by atoms with Crippen molar-refractivity contribution in [1.29, 1.82) is 0 Å². The fourth-order valence-electron chi connectivity index (χ4n) is 3.55. The van der Waals surface area contributed by atoms with Gasteiger partial charge in [-0.25, -0.2) is 9.78 Å². The summed E-state index contributed by atoms with van der Waals surface area (Å²) in [6.07, 6.45) is -3.24. The minimum atomic E-state index is -4.90. The van der Waals surface area contributed by atoms with E-state index in [0.29, 0.717) is 5.56 Å². The summed E-state index contributed by atoms with van der Waals surface area (Å²) in [4.78, 5) is 34.4. The first-order chi connectivity index (χ1) is 17.1. The van der Waals surface area contributed by atoms with Gasteiger partial charge in [0.1, 0.15) is 17.3 Å². The number of pyridine rings is 1. The number of nitrogen functional groups attached to an aromatic ring is 1. The van der Waals surface area contributed by atoms with Gasteiger partial charge in [0.15, 0.2) is 11.2 Å². The SMILES string of the molecule is Cn1c(=O)n(CCCO)c(=O)c2c1nc(Oc1cccc(OC(F)(F)F)c1)n2Cc1ccc(N)nc1. The van der Waals surface area contributed by atoms with E-state index in [1.807, 2.05) is 0 Å². The van der Waals surface area contributed by atoms with Gasteiger partial charge in [-0.2, -0.15) is 4.98 Å². The number of aromatic nitrogens is 5. The Bertz CT molecular complexity index is 1510. The number of rotatable bonds is 8. The van der Waals surface area contributed by atoms with Gasteiger partial charge in [-0.1, -0.05) is 12.1 Å². The zero-order valence-corrected chi connectivity index (χ0v) is 18.9. The molecule has 3 aromatic heterocycles. The molecule has 3 N–H and O–H groups in total. The number of alkyl halides is 3. The molecule has 3 heterocycles. The Labute approximate surface area is 200 Å². The Kier molecular flexibility index (Phi) is 6.70. The lowest BCUT2D eigenvalue weighted by Gasteiger charge is -2.12. The van der Waals surface area contributed by atoms with Crippen molar-refractivity contribution < 1.29 is 27.8 Å². The van der Waals surface area contributed by atoms with E-state index in [-0.39, 0.29) is 54.9 Å². The first-order valence-electron chi connectivity index (χ1n) is 10.6. The summed E-state index contributed by atoms with van der Waals surface area (Å²) in [6, 6.07) is 7.87. The Morgan fingerprint density at radius 2 is 1.86 bits per heavy atom. The lowest BCUT2D eigenvalue weighted by molar-refractivity contribution is -0.274. The smallest absolute Gasteiger partial charge is 0.425 e. The molecular weight excluding hydrogens is 485 g/mol. The van der Waals surface area contributed by atoms with Crippen LogP contribution in [-0.4, -0.2) is 41.7 Å². The molecule has 190 valence electrons. The number of halogens is 3. The van der Waals surface area contributed by atoms with Gasteiger partial charge >= 0.3 is 18.1 Å². The van der Waals surface area contributed by atoms with Crippen LogP contribution in [0.2, 0.25) is 0 Å². The highest BCUT2D eigenvalue weighted by molar-refractivity contribution is 5.72. The number of fused-ring (bicyclic) bond motifs is 1. The molecule has 0 aliphatic heterocycles. The molecule has 0 saturated heterocycles. The van der Waals surface area contributed by atoms with Crippen LogP contribution in [0.3, 0.4) is 0 Å². The predicted octanol–water partition coefficient (Wildman–Crippen LogP) is 2.00. The Hall–Kier alpha value is -4.33. The van der Waals surface area contributed by atoms with E-state index in [9.17, 15) is 22.8 Å². The third-order valence-corrected chi connectivity index (χ3v) is 5.17. The number of nitrogens with zero attached hydrogens (tertiary/aromatic N) is 5. The lowest BCUT2D eigenvalue weighted by atomic mass is 10.3. The van der Waals surface area contributed by atoms with Crippen molar-refractivity contribution in [2.75, 3.05) is 12.3 Å². The molecule has 0 amide bonds. The standard InChI is InChI=1S/C22H21F3N6O5/c1-29-18-17(19(33)30(21(29)34)8-3-9-32)31(12-13-6-7-16(26)27-11-13)20(28-18)35-14-4-2-5-15(10-14)36-22(23,24)25/h2,4-7,10-11,32H,3,8-9,12H2,1H3,(H2,26,27). The van der Waals surface area contributed by atoms with Crippen molar-refractivity contribution in [2.45, 2.75) is 25.9 Å². The molecule has 11 nitrogen and oxygen atoms in total. The molecule has 36 heavy (non-hydrogen) atoms. The Balaban J connectivity index is 1.87. The maximum atomic E-state index is 13.3. The Morgan fingerprint density at radius 3 is 2.53 bits per heavy atom. The normalized spacial score (nSPS) is 11.7. The van der Waals surface area contributed by atoms with Gasteiger partial charge in [0.2, 0.25) is 0 Å². The summed E-state index contributed by atoms with van der Waals surface area (Å²) in [5, 5.41) is 9.17. The maximum absolute atomic E-state index is 13.3. The molecule has 0 aliphatic carbocycles. The summed E-state index contributed by atoms with van der Waals surface area (Å²) in [5.41, 5.74) is 4.97. The Morgan fingerprint density at radius 1 is 1.11 bits per heavy atom. The van der Waals surface area contributed by atoms with Crippen molar-refractivity contribution in [3.63, 3.8) is 0 Å². The van der Waals surface area contributed by atoms with E-state index in [0.717, 1.165) is 21.3 Å². The van der Waals surface area contributed by atoms with Crippen LogP contribution >= 0.6 is 0 Å². The van der Waals surface area contributed by atoms with Crippen molar-refractivity contribution in [2.24, 2.45) is 7.05 Å². The zero-order chi connectivity index (χ0) is 26.0. The van der Waals surface area contributed by atoms with Crippen LogP contribution in [0.5, 0.6) is 17.5 Å². The molecule has 0 atom stereocenters. The largest absolute Gasteiger partial charge is 0.573 e. The van der Waals surface area contributed by atoms with Crippen LogP contribution in [0, 0.1) is 0 Å². The van der Waals surface area contributed by atoms with Crippen molar-refractivity contribution in [3.05, 3.63) is 69.0 Å². The second kappa shape index (κ2) is 9.73. The minimum absolute atomic E-state index is 0.00588. The summed E-state index contributed by atoms with van der Waals surface area (Å²) < 4.78 is 51.2. The van der Waals surface area contributed by atoms with Gasteiger partial charge in [0, 0.05) is 32.5 Å². The molecule has 0 saturated carbocycles. The molecule has 0 radical (unpaired) electrons. The predicted molar refractivity (Wildman–Crippen MR) is 122 cm³/mol. The zero-order valence-electron chi connectivity index (χ0n) is 18.9. The number of nitrogens with two attached hydrogens (primary N) is 1. The van der Waals surface area contributed by atoms with Crippen molar-refractivity contribution in [1.82, 2.24) is 23.7 Å². The maximum Gasteiger partial charge on any atom is 0.573 e. The number of imidazole rings is 1. The first kappa shape index (κ1) is 24.8. The van der Waals surface area contributed by atoms with Gasteiger partial charge in [-0.05, 0) is 30.2 Å². The van der Waals surface area contributed by atoms with E-state index in [2.05, 4.69) is 14.7 Å². The minimum Gasteiger partial charge on any atom is -0.425 e. The molecule has 0 fully saturated rings. The lowest BCUT2D eigenvalue weighted by Crippen LogP contribution is -2.39. The molecule has 4 aromatic rings. The fraction of sp³-hybridized carbons (Fsp3) is 0.273. The van der Waals surface area contributed by atoms with Crippen LogP contribution in [0.25, 0.3) is 11.2 Å². The molecule has 0 aliphatic rings. The summed E-state index contributed by atoms with van der Waals surface area (Å²) in [6.45, 7) is -0.237. The third-order valence-electron chi connectivity index (χ3n) is 5.17. The molecule has 0 bridgehead atoms. The number of benzene rings is 1. The number of aliphatic hydroxyl groups excluding tert-OH is 1. The molecule has 14 heteroatoms. The third kappa shape index (κ3) is 5.17. The van der Waals surface area contributed by atoms with Gasteiger partial charge < -0.3 is 20.3 Å². The average Bonchev–Trinajstić information content (AvgIpc) is 3.16. The monoisotopic (exact) mass is 506 g/mol. The first-order valence-corrected chi connectivity index (χ1v) is 10.6. The number of anilines is 1. The quantitative estimate of drug-likeness (QED) is 0.370. The fourth-order valence-corrected chi connectivity index (χ4v) is 3.55. The molecule has 1 aromatic carbocycles. The van der Waals surface area contributed by atoms with Crippen LogP contribution in [0.1, 0.15) is 12.0 Å². The van der Waals surface area contributed by atoms with Gasteiger partial charge in [-0.15, -0.1) is 13.2 Å². The van der Waals surface area contributed by atoms with Gasteiger partial charge in [0.25, 0.3) is 5.56 Å². The van der Waals surface area contributed by atoms with E-state index in [1.54, 1.807) is 12.1 Å². The highest BCUT2D eigenvalue weighted by Gasteiger charge is 2.31. The van der Waals surface area contributed by atoms with E-state index in [4.69, 9.17) is 15.6 Å². The van der Waals surface area contributed by atoms with Crippen LogP contribution in [-0.2, 0) is 20.1 Å². The highest BCUT2D eigenvalue weighted by Crippen LogP contribution is 2.30. The average molecular weight is 506 g/mol. The van der Waals surface area contributed by atoms with E-state index >= 15 is 0 Å². The topological polar surface area (TPSA) is 139 Å². The molecule has 4 rings (SSSR count). The summed E-state index contributed by atoms with van der Waals surface area (Å²) >= 11 is 0. The van der Waals surface area contributed by atoms with E-state index < -0.39 is 23.4 Å². The van der Waals surface area contributed by atoms with Crippen molar-refractivity contribution in [3.8, 4) is 17.5 Å². The number of ether oxygens (including phenoxy) is 2. The van der Waals surface area contributed by atoms with Gasteiger partial charge in [0.05, 0.1) is 6.54 Å². The second-order valence-corrected chi connectivity index (χ2v) is 7.74. The number of hydrogen-bond donors (Lipinski definition) is 2. The van der Waals surface area contributed by atoms with Crippen molar-refractivity contribution >= 4 is 17.0 Å². The summed E-state index contributed by atoms with van der Waals surface area (Å²) in [7, 11) is 1.42. The number of aryl methyl sites for hydroxylation is 1. The van der Waals surface area contributed by atoms with Gasteiger partial charge in [-0.3, -0.25) is 18.5 Å². The van der Waals surface area contributed by atoms with Crippen LogP contribution in [0.4, 0.5) is 19.0 Å². The highest BCUT2D eigenvalue weighted by atomic mass is 19.4. The second-order valence-electron chi connectivity index (χ2n) is 7.74. The van der Waals surface area contributed by atoms with Crippen LogP contribution < -0.4 is 26.5 Å². The number of aliphatic hydroxyl groups is 1. The van der Waals surface area contributed by atoms with E-state index in [1.165, 1.54) is 29.9 Å². The molecular formula is C22H21F3N6O5. The summed E-state index contributed by atoms with van der Waals surface area (Å²) in [5.74, 6) is -0.278. The molecule has 0 spiro atoms. The molecule has 0 unspecified atom stereocenters.